The lowest BCUT2D eigenvalue weighted by molar-refractivity contribution is 0.201. The maximum atomic E-state index is 12.0. The largest absolute Gasteiger partial charge is 0.494 e. The molecule has 190 valence electrons. The SMILES string of the molecule is O=C(O)N(Cc1cc(Cl)ccc1Cl)c1ccnc(Nc2ccc(OCCCN3CCCCC3)cc2)n1. The molecule has 1 aliphatic heterocycles. The van der Waals surface area contributed by atoms with E-state index >= 15 is 0 Å². The minimum absolute atomic E-state index is 0.00498. The van der Waals surface area contributed by atoms with E-state index in [1.807, 2.05) is 24.3 Å². The number of nitrogens with one attached hydrogen (secondary N) is 1. The predicted molar refractivity (Wildman–Crippen MR) is 143 cm³/mol. The van der Waals surface area contributed by atoms with Crippen molar-refractivity contribution >= 4 is 46.7 Å². The number of piperidine rings is 1. The molecule has 1 aliphatic rings. The zero-order valence-electron chi connectivity index (χ0n) is 19.9. The highest BCUT2D eigenvalue weighted by Gasteiger charge is 2.19. The topological polar surface area (TPSA) is 90.8 Å². The van der Waals surface area contributed by atoms with Gasteiger partial charge in [0.1, 0.15) is 11.6 Å². The number of carboxylic acid groups (broad SMARTS) is 1. The van der Waals surface area contributed by atoms with E-state index in [1.165, 1.54) is 44.6 Å². The van der Waals surface area contributed by atoms with E-state index in [2.05, 4.69) is 20.2 Å². The van der Waals surface area contributed by atoms with Crippen LogP contribution in [0.25, 0.3) is 0 Å². The van der Waals surface area contributed by atoms with Crippen molar-refractivity contribution in [3.05, 3.63) is 70.3 Å². The zero-order chi connectivity index (χ0) is 25.3. The number of aromatic nitrogens is 2. The molecule has 0 bridgehead atoms. The molecule has 10 heteroatoms. The van der Waals surface area contributed by atoms with Crippen LogP contribution >= 0.6 is 23.2 Å². The molecular weight excluding hydrogens is 501 g/mol. The lowest BCUT2D eigenvalue weighted by Gasteiger charge is -2.26. The molecule has 0 unspecified atom stereocenters. The number of amides is 1. The van der Waals surface area contributed by atoms with Crippen LogP contribution in [0.1, 0.15) is 31.2 Å². The fraction of sp³-hybridized carbons (Fsp3) is 0.346. The molecule has 3 aromatic rings. The van der Waals surface area contributed by atoms with Gasteiger partial charge in [0.2, 0.25) is 5.95 Å². The van der Waals surface area contributed by atoms with Gasteiger partial charge in [-0.25, -0.2) is 9.78 Å². The van der Waals surface area contributed by atoms with Crippen molar-refractivity contribution in [2.45, 2.75) is 32.2 Å². The molecule has 1 fully saturated rings. The molecule has 0 radical (unpaired) electrons. The summed E-state index contributed by atoms with van der Waals surface area (Å²) in [6.45, 7) is 4.14. The standard InChI is InChI=1S/C26H29Cl2N5O3/c27-20-5-10-23(28)19(17-20)18-33(26(34)35)24-11-12-29-25(31-24)30-21-6-8-22(9-7-21)36-16-4-15-32-13-2-1-3-14-32/h5-12,17H,1-4,13-16,18H2,(H,34,35)(H,29,30,31). The van der Waals surface area contributed by atoms with E-state index < -0.39 is 6.09 Å². The van der Waals surface area contributed by atoms with Gasteiger partial charge in [-0.1, -0.05) is 29.6 Å². The van der Waals surface area contributed by atoms with Crippen molar-refractivity contribution in [3.8, 4) is 5.75 Å². The summed E-state index contributed by atoms with van der Waals surface area (Å²) in [5.74, 6) is 1.28. The Labute approximate surface area is 220 Å². The van der Waals surface area contributed by atoms with E-state index in [4.69, 9.17) is 27.9 Å². The quantitative estimate of drug-likeness (QED) is 0.291. The molecule has 0 saturated carbocycles. The second-order valence-electron chi connectivity index (χ2n) is 8.60. The van der Waals surface area contributed by atoms with Crippen LogP contribution in [-0.2, 0) is 6.54 Å². The fourth-order valence-corrected chi connectivity index (χ4v) is 4.44. The van der Waals surface area contributed by atoms with Gasteiger partial charge in [0, 0.05) is 28.5 Å². The summed E-state index contributed by atoms with van der Waals surface area (Å²) in [5, 5.41) is 13.8. The van der Waals surface area contributed by atoms with Crippen molar-refractivity contribution in [2.24, 2.45) is 0 Å². The molecule has 8 nitrogen and oxygen atoms in total. The van der Waals surface area contributed by atoms with Gasteiger partial charge in [0.15, 0.2) is 0 Å². The molecule has 36 heavy (non-hydrogen) atoms. The van der Waals surface area contributed by atoms with E-state index in [0.717, 1.165) is 29.3 Å². The Bertz CT molecular complexity index is 1160. The van der Waals surface area contributed by atoms with E-state index in [0.29, 0.717) is 22.2 Å². The summed E-state index contributed by atoms with van der Waals surface area (Å²) < 4.78 is 5.88. The Morgan fingerprint density at radius 2 is 1.86 bits per heavy atom. The lowest BCUT2D eigenvalue weighted by atomic mass is 10.1. The number of carbonyl (C=O) groups is 1. The van der Waals surface area contributed by atoms with Crippen molar-refractivity contribution in [1.29, 1.82) is 0 Å². The van der Waals surface area contributed by atoms with Crippen LogP contribution in [0.5, 0.6) is 5.75 Å². The Kier molecular flexibility index (Phi) is 9.22. The van der Waals surface area contributed by atoms with Gasteiger partial charge in [-0.3, -0.25) is 4.90 Å². The predicted octanol–water partition coefficient (Wildman–Crippen LogP) is 6.47. The summed E-state index contributed by atoms with van der Waals surface area (Å²) >= 11 is 12.3. The molecule has 0 spiro atoms. The van der Waals surface area contributed by atoms with Gasteiger partial charge in [-0.05, 0) is 86.4 Å². The number of likely N-dealkylation sites (tertiary alicyclic amines) is 1. The molecule has 1 amide bonds. The smallest absolute Gasteiger partial charge is 0.413 e. The number of benzene rings is 2. The number of halogens is 2. The van der Waals surface area contributed by atoms with Gasteiger partial charge in [0.25, 0.3) is 0 Å². The van der Waals surface area contributed by atoms with Crippen LogP contribution in [0.4, 0.5) is 22.2 Å². The fourth-order valence-electron chi connectivity index (χ4n) is 4.07. The summed E-state index contributed by atoms with van der Waals surface area (Å²) in [6.07, 6.45) is 5.27. The second-order valence-corrected chi connectivity index (χ2v) is 9.44. The molecule has 4 rings (SSSR count). The summed E-state index contributed by atoms with van der Waals surface area (Å²) in [5.41, 5.74) is 1.33. The lowest BCUT2D eigenvalue weighted by Crippen LogP contribution is -2.31. The average Bonchev–Trinajstić information content (AvgIpc) is 2.88. The second kappa shape index (κ2) is 12.8. The molecule has 0 aliphatic carbocycles. The first-order valence-corrected chi connectivity index (χ1v) is 12.7. The minimum atomic E-state index is -1.17. The third-order valence-corrected chi connectivity index (χ3v) is 6.53. The van der Waals surface area contributed by atoms with E-state index in [1.54, 1.807) is 18.2 Å². The first-order valence-electron chi connectivity index (χ1n) is 12.0. The van der Waals surface area contributed by atoms with Crippen LogP contribution in [0, 0.1) is 0 Å². The van der Waals surface area contributed by atoms with E-state index in [9.17, 15) is 9.90 Å². The third-order valence-electron chi connectivity index (χ3n) is 5.93. The normalized spacial score (nSPS) is 13.8. The zero-order valence-corrected chi connectivity index (χ0v) is 21.4. The minimum Gasteiger partial charge on any atom is -0.494 e. The summed E-state index contributed by atoms with van der Waals surface area (Å²) in [7, 11) is 0. The van der Waals surface area contributed by atoms with Crippen LogP contribution in [-0.4, -0.2) is 52.3 Å². The highest BCUT2D eigenvalue weighted by atomic mass is 35.5. The Morgan fingerprint density at radius 1 is 1.08 bits per heavy atom. The number of hydrogen-bond acceptors (Lipinski definition) is 6. The highest BCUT2D eigenvalue weighted by molar-refractivity contribution is 6.33. The molecule has 1 saturated heterocycles. The third kappa shape index (κ3) is 7.46. The summed E-state index contributed by atoms with van der Waals surface area (Å²) in [4.78, 5) is 24.1. The Morgan fingerprint density at radius 3 is 2.61 bits per heavy atom. The number of anilines is 3. The molecule has 1 aromatic heterocycles. The van der Waals surface area contributed by atoms with Crippen LogP contribution in [0.2, 0.25) is 10.0 Å². The van der Waals surface area contributed by atoms with Gasteiger partial charge in [-0.15, -0.1) is 0 Å². The molecule has 0 atom stereocenters. The first kappa shape index (κ1) is 26.0. The maximum Gasteiger partial charge on any atom is 0.413 e. The van der Waals surface area contributed by atoms with Crippen molar-refractivity contribution < 1.29 is 14.6 Å². The number of hydrogen-bond donors (Lipinski definition) is 2. The average molecular weight is 530 g/mol. The molecule has 2 heterocycles. The number of rotatable bonds is 10. The Balaban J connectivity index is 1.34. The van der Waals surface area contributed by atoms with Gasteiger partial charge >= 0.3 is 6.09 Å². The van der Waals surface area contributed by atoms with E-state index in [-0.39, 0.29) is 18.3 Å². The van der Waals surface area contributed by atoms with Gasteiger partial charge in [0.05, 0.1) is 13.2 Å². The van der Waals surface area contributed by atoms with Crippen molar-refractivity contribution in [1.82, 2.24) is 14.9 Å². The molecule has 2 aromatic carbocycles. The monoisotopic (exact) mass is 529 g/mol. The number of nitrogens with zero attached hydrogens (tertiary/aromatic N) is 4. The number of ether oxygens (including phenoxy) is 1. The first-order chi connectivity index (χ1) is 17.5. The Hall–Kier alpha value is -3.07. The summed E-state index contributed by atoms with van der Waals surface area (Å²) in [6, 6.07) is 14.0. The van der Waals surface area contributed by atoms with Crippen LogP contribution in [0.15, 0.2) is 54.7 Å². The van der Waals surface area contributed by atoms with Gasteiger partial charge < -0.3 is 20.1 Å². The maximum absolute atomic E-state index is 12.0. The van der Waals surface area contributed by atoms with Crippen LogP contribution < -0.4 is 15.0 Å². The molecule has 2 N–H and O–H groups in total. The van der Waals surface area contributed by atoms with Gasteiger partial charge in [-0.2, -0.15) is 4.98 Å². The highest BCUT2D eigenvalue weighted by Crippen LogP contribution is 2.25. The molecular formula is C26H29Cl2N5O3. The van der Waals surface area contributed by atoms with Crippen LogP contribution in [0.3, 0.4) is 0 Å². The van der Waals surface area contributed by atoms with Crippen molar-refractivity contribution in [2.75, 3.05) is 36.5 Å². The van der Waals surface area contributed by atoms with Crippen molar-refractivity contribution in [3.63, 3.8) is 0 Å².